The van der Waals surface area contributed by atoms with Gasteiger partial charge in [0.1, 0.15) is 29.7 Å². The highest BCUT2D eigenvalue weighted by Gasteiger charge is 2.55. The predicted octanol–water partition coefficient (Wildman–Crippen LogP) is -1.37. The number of carbonyl (C=O) groups excluding carboxylic acids is 2. The highest BCUT2D eigenvalue weighted by atomic mass is 32.2. The molecule has 2 amide bonds. The summed E-state index contributed by atoms with van der Waals surface area (Å²) in [4.78, 5) is 63.0. The molecule has 2 aromatic rings. The summed E-state index contributed by atoms with van der Waals surface area (Å²) >= 11 is 2.54. The van der Waals surface area contributed by atoms with E-state index in [1.165, 1.54) is 21.8 Å². The molecule has 5 atom stereocenters. The van der Waals surface area contributed by atoms with Crippen LogP contribution in [0.15, 0.2) is 16.1 Å². The fraction of sp³-hybridized carbons (Fsp3) is 0.577. The number of hydrogen-bond donors (Lipinski definition) is 4. The summed E-state index contributed by atoms with van der Waals surface area (Å²) in [6, 6.07) is -0.441. The van der Waals surface area contributed by atoms with E-state index in [9.17, 15) is 24.3 Å². The number of tetrazole rings is 1. The van der Waals surface area contributed by atoms with Crippen molar-refractivity contribution < 1.29 is 38.7 Å². The monoisotopic (exact) mass is 676 g/mol. The number of aromatic nitrogens is 5. The Kier molecular flexibility index (Phi) is 8.70. The van der Waals surface area contributed by atoms with Crippen LogP contribution in [0, 0.1) is 0 Å². The van der Waals surface area contributed by atoms with Gasteiger partial charge in [-0.05, 0) is 17.5 Å². The van der Waals surface area contributed by atoms with Gasteiger partial charge in [-0.1, -0.05) is 5.16 Å². The summed E-state index contributed by atoms with van der Waals surface area (Å²) in [6.07, 6.45) is -0.444. The average Bonchev–Trinajstić information content (AvgIpc) is 3.74. The minimum atomic E-state index is -1.86. The molecule has 0 spiro atoms. The number of fused-ring (bicyclic) bond motifs is 2. The van der Waals surface area contributed by atoms with Crippen molar-refractivity contribution in [2.24, 2.45) is 12.2 Å². The standard InChI is InChI=1S/C26H33N11O7S2/c1-34-5-7-37(6-3-4-14(37)9-34)10-13-11-45-24-19(23(41)36(24)20(13)21-30-32-33-35(21)2)29-22(40)18(15-12-46-26(27)28-15)31-44-16(25(42)43)8-17(38)39/h12,14,16,19,24H,3-11H2,1-2H3,(H4-,27,28,29,38,39,40,42,43)/p+1/b31-18-/t14?,16-,19?,24?,37?/m0/s1. The Hall–Kier alpha value is -4.14. The number of nitrogens with zero attached hydrogens (tertiary/aromatic N) is 9. The highest BCUT2D eigenvalue weighted by Crippen LogP contribution is 2.45. The van der Waals surface area contributed by atoms with Crippen molar-refractivity contribution in [2.45, 2.75) is 42.8 Å². The number of aryl methyl sites for hydroxylation is 1. The Balaban J connectivity index is 1.26. The lowest BCUT2D eigenvalue weighted by Gasteiger charge is -2.52. The van der Waals surface area contributed by atoms with Crippen LogP contribution in [0.4, 0.5) is 5.13 Å². The van der Waals surface area contributed by atoms with Gasteiger partial charge in [-0.3, -0.25) is 24.2 Å². The minimum absolute atomic E-state index is 0.0197. The first-order valence-electron chi connectivity index (χ1n) is 14.6. The number of nitrogens with one attached hydrogen (secondary N) is 1. The van der Waals surface area contributed by atoms with Gasteiger partial charge in [-0.15, -0.1) is 28.2 Å². The van der Waals surface area contributed by atoms with E-state index in [2.05, 4.69) is 42.9 Å². The fourth-order valence-corrected chi connectivity index (χ4v) is 8.53. The summed E-state index contributed by atoms with van der Waals surface area (Å²) in [5, 5.41) is 37.9. The number of quaternary nitrogens is 1. The number of likely N-dealkylation sites (N-methyl/N-ethyl adjacent to an activating group) is 1. The van der Waals surface area contributed by atoms with E-state index < -0.39 is 47.5 Å². The van der Waals surface area contributed by atoms with Gasteiger partial charge in [0.2, 0.25) is 6.10 Å². The second-order valence-corrected chi connectivity index (χ2v) is 13.9. The van der Waals surface area contributed by atoms with E-state index in [-0.39, 0.29) is 16.7 Å². The van der Waals surface area contributed by atoms with Gasteiger partial charge in [0.15, 0.2) is 16.7 Å². The first-order chi connectivity index (χ1) is 22.0. The van der Waals surface area contributed by atoms with Crippen molar-refractivity contribution in [1.82, 2.24) is 40.3 Å². The highest BCUT2D eigenvalue weighted by molar-refractivity contribution is 8.00. The number of anilines is 1. The molecule has 5 N–H and O–H groups in total. The number of hydrogen-bond acceptors (Lipinski definition) is 14. The largest absolute Gasteiger partial charge is 0.481 e. The zero-order valence-electron chi connectivity index (χ0n) is 25.1. The minimum Gasteiger partial charge on any atom is -0.481 e. The lowest BCUT2D eigenvalue weighted by molar-refractivity contribution is -0.939. The number of nitrogen functional groups attached to an aromatic ring is 1. The van der Waals surface area contributed by atoms with Crippen LogP contribution in [-0.4, -0.2) is 148 Å². The fourth-order valence-electron chi connectivity index (χ4n) is 6.65. The maximum absolute atomic E-state index is 13.8. The number of carbonyl (C=O) groups is 4. The number of amides is 2. The zero-order valence-corrected chi connectivity index (χ0v) is 26.7. The number of β-lactam (4-membered cyclic amide) rings is 1. The molecule has 0 aromatic carbocycles. The summed E-state index contributed by atoms with van der Waals surface area (Å²) in [5.41, 5.74) is 7.02. The molecule has 2 aromatic heterocycles. The number of nitrogens with two attached hydrogens (primary N) is 1. The summed E-state index contributed by atoms with van der Waals surface area (Å²) in [6.45, 7) is 4.91. The van der Waals surface area contributed by atoms with Crippen LogP contribution >= 0.6 is 23.1 Å². The van der Waals surface area contributed by atoms with Gasteiger partial charge in [0.25, 0.3) is 11.8 Å². The maximum Gasteiger partial charge on any atom is 0.348 e. The Morgan fingerprint density at radius 3 is 2.76 bits per heavy atom. The van der Waals surface area contributed by atoms with Crippen LogP contribution in [0.5, 0.6) is 0 Å². The van der Waals surface area contributed by atoms with Crippen LogP contribution in [-0.2, 0) is 31.1 Å². The van der Waals surface area contributed by atoms with Gasteiger partial charge in [0.05, 0.1) is 31.8 Å². The number of piperazine rings is 1. The van der Waals surface area contributed by atoms with Gasteiger partial charge in [-0.25, -0.2) is 14.5 Å². The number of rotatable bonds is 11. The smallest absolute Gasteiger partial charge is 0.348 e. The topological polar surface area (TPSA) is 231 Å². The van der Waals surface area contributed by atoms with E-state index in [1.54, 1.807) is 11.9 Å². The van der Waals surface area contributed by atoms with Gasteiger partial charge >= 0.3 is 11.9 Å². The Morgan fingerprint density at radius 2 is 2.09 bits per heavy atom. The van der Waals surface area contributed by atoms with Crippen molar-refractivity contribution >= 4 is 63.4 Å². The maximum atomic E-state index is 13.8. The molecule has 18 nitrogen and oxygen atoms in total. The SMILES string of the molecule is CN1CC[N+]2(CC3=C(c4nnnn4C)N4C(=O)C(NC(=O)/C(=N\O[C@@H](CC(=O)O)C(=O)O)c5csc(N)n5)C4SC3)CCCC2C1. The molecular formula is C26H34N11O7S2+. The third kappa shape index (κ3) is 5.92. The number of aliphatic carboxylic acids is 2. The predicted molar refractivity (Wildman–Crippen MR) is 164 cm³/mol. The molecule has 46 heavy (non-hydrogen) atoms. The molecule has 0 radical (unpaired) electrons. The molecule has 0 aliphatic carbocycles. The molecule has 0 saturated carbocycles. The van der Waals surface area contributed by atoms with E-state index in [4.69, 9.17) is 15.7 Å². The summed E-state index contributed by atoms with van der Waals surface area (Å²) in [5.74, 6) is -3.18. The molecule has 6 heterocycles. The molecule has 20 heteroatoms. The van der Waals surface area contributed by atoms with Crippen LogP contribution < -0.4 is 11.1 Å². The molecule has 3 fully saturated rings. The Morgan fingerprint density at radius 1 is 1.28 bits per heavy atom. The quantitative estimate of drug-likeness (QED) is 0.0932. The number of oxime groups is 1. The van der Waals surface area contributed by atoms with E-state index in [0.717, 1.165) is 67.0 Å². The first-order valence-corrected chi connectivity index (χ1v) is 16.5. The van der Waals surface area contributed by atoms with E-state index >= 15 is 0 Å². The first kappa shape index (κ1) is 31.8. The number of carboxylic acids is 2. The number of thiazole rings is 1. The third-order valence-corrected chi connectivity index (χ3v) is 10.9. The molecule has 4 aliphatic rings. The molecular weight excluding hydrogens is 642 g/mol. The van der Waals surface area contributed by atoms with Gasteiger partial charge < -0.3 is 30.6 Å². The van der Waals surface area contributed by atoms with Gasteiger partial charge in [0, 0.05) is 43.1 Å². The van der Waals surface area contributed by atoms with Crippen molar-refractivity contribution in [2.75, 3.05) is 51.3 Å². The van der Waals surface area contributed by atoms with Crippen LogP contribution in [0.1, 0.15) is 30.8 Å². The third-order valence-electron chi connectivity index (χ3n) is 8.92. The molecule has 6 rings (SSSR count). The van der Waals surface area contributed by atoms with E-state index in [0.29, 0.717) is 23.3 Å². The van der Waals surface area contributed by atoms with E-state index in [1.807, 2.05) is 0 Å². The molecule has 3 saturated heterocycles. The van der Waals surface area contributed by atoms with Crippen molar-refractivity contribution in [3.05, 3.63) is 22.5 Å². The summed E-state index contributed by atoms with van der Waals surface area (Å²) < 4.78 is 2.51. The normalized spacial score (nSPS) is 27.1. The van der Waals surface area contributed by atoms with Crippen LogP contribution in [0.2, 0.25) is 0 Å². The zero-order chi connectivity index (χ0) is 32.7. The summed E-state index contributed by atoms with van der Waals surface area (Å²) in [7, 11) is 3.88. The average molecular weight is 677 g/mol. The molecule has 246 valence electrons. The number of thioether (sulfide) groups is 1. The molecule has 4 aliphatic heterocycles. The Labute approximate surface area is 270 Å². The Bertz CT molecular complexity index is 1630. The van der Waals surface area contributed by atoms with Crippen LogP contribution in [0.25, 0.3) is 5.70 Å². The second kappa shape index (κ2) is 12.6. The second-order valence-electron chi connectivity index (χ2n) is 11.9. The van der Waals surface area contributed by atoms with Gasteiger partial charge in [-0.2, -0.15) is 0 Å². The molecule has 0 bridgehead atoms. The van der Waals surface area contributed by atoms with Crippen molar-refractivity contribution in [1.29, 1.82) is 0 Å². The van der Waals surface area contributed by atoms with Crippen molar-refractivity contribution in [3.63, 3.8) is 0 Å². The lowest BCUT2D eigenvalue weighted by Crippen LogP contribution is -2.70. The lowest BCUT2D eigenvalue weighted by atomic mass is 10.00. The van der Waals surface area contributed by atoms with Crippen molar-refractivity contribution in [3.8, 4) is 0 Å². The van der Waals surface area contributed by atoms with Crippen LogP contribution in [0.3, 0.4) is 0 Å². The molecule has 4 unspecified atom stereocenters. The number of carboxylic acid groups (broad SMARTS) is 2.